The number of aromatic amines is 1. The fourth-order valence-corrected chi connectivity index (χ4v) is 2.58. The minimum Gasteiger partial charge on any atom is -0.268 e. The first-order valence-electron chi connectivity index (χ1n) is 7.97. The molecular weight excluding hydrogens is 368 g/mol. The second-order valence-electron chi connectivity index (χ2n) is 5.73. The first kappa shape index (κ1) is 18.3. The maximum absolute atomic E-state index is 12.3. The molecule has 0 bridgehead atoms. The number of hydrogen-bond donors (Lipinski definition) is 3. The van der Waals surface area contributed by atoms with Crippen LogP contribution in [0.25, 0.3) is 16.8 Å². The number of carbonyl (C=O) groups is 2. The number of hydrogen-bond acceptors (Lipinski definition) is 4. The van der Waals surface area contributed by atoms with E-state index in [2.05, 4.69) is 21.0 Å². The van der Waals surface area contributed by atoms with E-state index >= 15 is 0 Å². The zero-order chi connectivity index (χ0) is 19.4. The highest BCUT2D eigenvalue weighted by Gasteiger charge is 2.14. The molecule has 3 N–H and O–H groups in total. The Labute approximate surface area is 159 Å². The average Bonchev–Trinajstić information content (AvgIpc) is 2.67. The Balaban J connectivity index is 1.68. The van der Waals surface area contributed by atoms with Crippen LogP contribution in [0, 0.1) is 6.92 Å². The van der Waals surface area contributed by atoms with Crippen LogP contribution in [0.3, 0.4) is 0 Å². The van der Waals surface area contributed by atoms with E-state index in [-0.39, 0.29) is 5.69 Å². The predicted octanol–water partition coefficient (Wildman–Crippen LogP) is 2.36. The Morgan fingerprint density at radius 1 is 1.11 bits per heavy atom. The highest BCUT2D eigenvalue weighted by molar-refractivity contribution is 6.31. The second-order valence-corrected chi connectivity index (χ2v) is 6.14. The minimum atomic E-state index is -0.650. The summed E-state index contributed by atoms with van der Waals surface area (Å²) in [6, 6.07) is 12.0. The van der Waals surface area contributed by atoms with E-state index < -0.39 is 17.4 Å². The third kappa shape index (κ3) is 4.21. The number of aryl methyl sites for hydroxylation is 1. The Hall–Kier alpha value is -3.45. The van der Waals surface area contributed by atoms with Gasteiger partial charge in [-0.25, -0.2) is 5.10 Å². The zero-order valence-corrected chi connectivity index (χ0v) is 15.0. The van der Waals surface area contributed by atoms with Crippen LogP contribution >= 0.6 is 11.6 Å². The lowest BCUT2D eigenvalue weighted by Crippen LogP contribution is -2.41. The van der Waals surface area contributed by atoms with Crippen molar-refractivity contribution in [2.24, 2.45) is 0 Å². The molecule has 1 aromatic heterocycles. The van der Waals surface area contributed by atoms with Crippen LogP contribution in [-0.4, -0.2) is 22.0 Å². The van der Waals surface area contributed by atoms with Gasteiger partial charge in [-0.1, -0.05) is 41.9 Å². The summed E-state index contributed by atoms with van der Waals surface area (Å²) in [6.45, 7) is 1.88. The molecule has 0 aliphatic carbocycles. The van der Waals surface area contributed by atoms with Crippen molar-refractivity contribution in [3.63, 3.8) is 0 Å². The van der Waals surface area contributed by atoms with E-state index in [4.69, 9.17) is 11.6 Å². The molecule has 2 aromatic carbocycles. The van der Waals surface area contributed by atoms with E-state index in [0.29, 0.717) is 15.8 Å². The van der Waals surface area contributed by atoms with Gasteiger partial charge in [-0.2, -0.15) is 5.10 Å². The molecule has 136 valence electrons. The maximum Gasteiger partial charge on any atom is 0.290 e. The Kier molecular flexibility index (Phi) is 5.33. The molecule has 0 aliphatic heterocycles. The van der Waals surface area contributed by atoms with Gasteiger partial charge in [0.2, 0.25) is 0 Å². The van der Waals surface area contributed by atoms with Gasteiger partial charge in [0.25, 0.3) is 17.4 Å². The Morgan fingerprint density at radius 2 is 1.85 bits per heavy atom. The smallest absolute Gasteiger partial charge is 0.268 e. The van der Waals surface area contributed by atoms with Crippen molar-refractivity contribution >= 4 is 40.3 Å². The SMILES string of the molecule is Cc1ccc(/C=C/C(=O)NNC(=O)c2n[nH]c(=O)c3ccccc23)cc1Cl. The van der Waals surface area contributed by atoms with Gasteiger partial charge in [0.05, 0.1) is 5.39 Å². The van der Waals surface area contributed by atoms with E-state index in [0.717, 1.165) is 11.1 Å². The molecule has 3 rings (SSSR count). The zero-order valence-electron chi connectivity index (χ0n) is 14.2. The van der Waals surface area contributed by atoms with E-state index in [1.165, 1.54) is 6.08 Å². The third-order valence-corrected chi connectivity index (χ3v) is 4.24. The predicted molar refractivity (Wildman–Crippen MR) is 103 cm³/mol. The summed E-state index contributed by atoms with van der Waals surface area (Å²) in [7, 11) is 0. The molecule has 27 heavy (non-hydrogen) atoms. The summed E-state index contributed by atoms with van der Waals surface area (Å²) in [5, 5.41) is 7.34. The monoisotopic (exact) mass is 382 g/mol. The van der Waals surface area contributed by atoms with Crippen molar-refractivity contribution in [1.82, 2.24) is 21.0 Å². The molecule has 0 unspecified atom stereocenters. The highest BCUT2D eigenvalue weighted by Crippen LogP contribution is 2.17. The van der Waals surface area contributed by atoms with Crippen molar-refractivity contribution in [3.8, 4) is 0 Å². The van der Waals surface area contributed by atoms with Crippen LogP contribution in [0.1, 0.15) is 21.6 Å². The van der Waals surface area contributed by atoms with Gasteiger partial charge in [-0.05, 0) is 36.3 Å². The molecule has 0 aliphatic rings. The van der Waals surface area contributed by atoms with Crippen molar-refractivity contribution in [2.45, 2.75) is 6.92 Å². The summed E-state index contributed by atoms with van der Waals surface area (Å²) in [5.41, 5.74) is 5.82. The van der Waals surface area contributed by atoms with E-state index in [1.54, 1.807) is 36.4 Å². The standard InChI is InChI=1S/C19H15ClN4O3/c1-11-6-7-12(10-15(11)20)8-9-16(25)21-24-19(27)17-13-4-2-3-5-14(13)18(26)23-22-17/h2-10H,1H3,(H,21,25)(H,23,26)(H,24,27)/b9-8+. The van der Waals surface area contributed by atoms with Gasteiger partial charge in [-0.15, -0.1) is 0 Å². The van der Waals surface area contributed by atoms with Crippen molar-refractivity contribution in [2.75, 3.05) is 0 Å². The number of hydrazine groups is 1. The molecule has 0 fully saturated rings. The van der Waals surface area contributed by atoms with Crippen LogP contribution in [0.15, 0.2) is 53.3 Å². The van der Waals surface area contributed by atoms with Crippen molar-refractivity contribution in [3.05, 3.63) is 80.7 Å². The minimum absolute atomic E-state index is 0.000189. The fourth-order valence-electron chi connectivity index (χ4n) is 2.39. The first-order valence-corrected chi connectivity index (χ1v) is 8.35. The molecule has 0 saturated carbocycles. The fraction of sp³-hybridized carbons (Fsp3) is 0.0526. The molecule has 0 spiro atoms. The van der Waals surface area contributed by atoms with Crippen molar-refractivity contribution in [1.29, 1.82) is 0 Å². The molecule has 1 heterocycles. The number of benzene rings is 2. The number of carbonyl (C=O) groups excluding carboxylic acids is 2. The lowest BCUT2D eigenvalue weighted by Gasteiger charge is -2.06. The third-order valence-electron chi connectivity index (χ3n) is 3.83. The van der Waals surface area contributed by atoms with Crippen LogP contribution < -0.4 is 16.4 Å². The molecule has 0 saturated heterocycles. The molecule has 0 atom stereocenters. The van der Waals surface area contributed by atoms with Crippen LogP contribution in [0.5, 0.6) is 0 Å². The van der Waals surface area contributed by atoms with Gasteiger partial charge >= 0.3 is 0 Å². The molecular formula is C19H15ClN4O3. The number of nitrogens with one attached hydrogen (secondary N) is 3. The van der Waals surface area contributed by atoms with Gasteiger partial charge < -0.3 is 0 Å². The summed E-state index contributed by atoms with van der Waals surface area (Å²) < 4.78 is 0. The Morgan fingerprint density at radius 3 is 2.59 bits per heavy atom. The Bertz CT molecular complexity index is 1120. The number of amides is 2. The summed E-state index contributed by atoms with van der Waals surface area (Å²) in [6.07, 6.45) is 2.83. The second kappa shape index (κ2) is 7.84. The first-order chi connectivity index (χ1) is 13.0. The van der Waals surface area contributed by atoms with Crippen LogP contribution in [-0.2, 0) is 4.79 Å². The number of halogens is 1. The summed E-state index contributed by atoms with van der Waals surface area (Å²) >= 11 is 6.03. The molecule has 3 aromatic rings. The van der Waals surface area contributed by atoms with Crippen LogP contribution in [0.4, 0.5) is 0 Å². The molecule has 0 radical (unpaired) electrons. The summed E-state index contributed by atoms with van der Waals surface area (Å²) in [4.78, 5) is 35.9. The summed E-state index contributed by atoms with van der Waals surface area (Å²) in [5.74, 6) is -1.18. The lowest BCUT2D eigenvalue weighted by atomic mass is 10.1. The number of aromatic nitrogens is 2. The largest absolute Gasteiger partial charge is 0.290 e. The highest BCUT2D eigenvalue weighted by atomic mass is 35.5. The maximum atomic E-state index is 12.3. The van der Waals surface area contributed by atoms with Gasteiger partial charge in [0.1, 0.15) is 0 Å². The number of nitrogens with zero attached hydrogens (tertiary/aromatic N) is 1. The van der Waals surface area contributed by atoms with Crippen LogP contribution in [0.2, 0.25) is 5.02 Å². The van der Waals surface area contributed by atoms with Crippen molar-refractivity contribution < 1.29 is 9.59 Å². The lowest BCUT2D eigenvalue weighted by molar-refractivity contribution is -0.117. The number of fused-ring (bicyclic) bond motifs is 1. The average molecular weight is 383 g/mol. The van der Waals surface area contributed by atoms with Gasteiger partial charge in [-0.3, -0.25) is 25.2 Å². The number of H-pyrrole nitrogens is 1. The quantitative estimate of drug-likeness (QED) is 0.477. The molecule has 7 nitrogen and oxygen atoms in total. The molecule has 2 amide bonds. The van der Waals surface area contributed by atoms with Gasteiger partial charge in [0.15, 0.2) is 5.69 Å². The molecule has 8 heteroatoms. The topological polar surface area (TPSA) is 104 Å². The van der Waals surface area contributed by atoms with E-state index in [9.17, 15) is 14.4 Å². The number of rotatable bonds is 3. The van der Waals surface area contributed by atoms with Gasteiger partial charge in [0, 0.05) is 16.5 Å². The normalized spacial score (nSPS) is 10.9. The van der Waals surface area contributed by atoms with E-state index in [1.807, 2.05) is 19.1 Å².